The molecule has 4 bridgehead atoms. The van der Waals surface area contributed by atoms with Crippen LogP contribution in [0.5, 0.6) is 0 Å². The quantitative estimate of drug-likeness (QED) is 0.538. The lowest BCUT2D eigenvalue weighted by molar-refractivity contribution is 0.0277. The molecule has 1 amide bonds. The lowest BCUT2D eigenvalue weighted by Crippen LogP contribution is -2.51. The third kappa shape index (κ3) is 3.66. The van der Waals surface area contributed by atoms with Crippen molar-refractivity contribution in [2.75, 3.05) is 11.4 Å². The van der Waals surface area contributed by atoms with Gasteiger partial charge in [0.15, 0.2) is 5.82 Å². The molecule has 194 valence electrons. The smallest absolute Gasteiger partial charge is 0.414 e. The highest BCUT2D eigenvalue weighted by Crippen LogP contribution is 2.59. The fraction of sp³-hybridized carbons (Fsp3) is 0.714. The second-order valence-electron chi connectivity index (χ2n) is 12.8. The fourth-order valence-electron chi connectivity index (χ4n) is 7.85. The minimum absolute atomic E-state index is 0.0495. The third-order valence-corrected chi connectivity index (χ3v) is 10.9. The van der Waals surface area contributed by atoms with Gasteiger partial charge in [0.1, 0.15) is 0 Å². The molecule has 7 fully saturated rings. The Morgan fingerprint density at radius 1 is 1.00 bits per heavy atom. The van der Waals surface area contributed by atoms with Gasteiger partial charge >= 0.3 is 6.09 Å². The Morgan fingerprint density at radius 3 is 2.24 bits per heavy atom. The summed E-state index contributed by atoms with van der Waals surface area (Å²) in [6, 6.07) is 4.53. The number of nitrogens with zero attached hydrogens (tertiary/aromatic N) is 6. The number of aromatic nitrogens is 4. The monoisotopic (exact) mass is 502 g/mol. The van der Waals surface area contributed by atoms with Crippen molar-refractivity contribution in [3.63, 3.8) is 0 Å². The molecule has 9 heteroatoms. The number of hydrogen-bond donors (Lipinski definition) is 1. The van der Waals surface area contributed by atoms with E-state index in [-0.39, 0.29) is 21.7 Å². The van der Waals surface area contributed by atoms with Crippen molar-refractivity contribution in [3.8, 4) is 6.07 Å². The zero-order valence-electron chi connectivity index (χ0n) is 21.3. The number of nitriles is 1. The van der Waals surface area contributed by atoms with Crippen molar-refractivity contribution in [2.45, 2.75) is 107 Å². The molecule has 1 N–H and O–H groups in total. The van der Waals surface area contributed by atoms with Crippen molar-refractivity contribution in [2.24, 2.45) is 10.8 Å². The van der Waals surface area contributed by atoms with E-state index in [0.29, 0.717) is 18.4 Å². The van der Waals surface area contributed by atoms with Gasteiger partial charge in [0.2, 0.25) is 11.8 Å². The first kappa shape index (κ1) is 23.1. The van der Waals surface area contributed by atoms with E-state index < -0.39 is 6.09 Å². The van der Waals surface area contributed by atoms with E-state index in [2.05, 4.69) is 16.2 Å². The van der Waals surface area contributed by atoms with Crippen LogP contribution in [0.1, 0.15) is 113 Å². The predicted molar refractivity (Wildman–Crippen MR) is 133 cm³/mol. The molecule has 37 heavy (non-hydrogen) atoms. The molecule has 0 atom stereocenters. The second kappa shape index (κ2) is 7.99. The highest BCUT2D eigenvalue weighted by Gasteiger charge is 2.54. The van der Waals surface area contributed by atoms with Crippen LogP contribution in [-0.4, -0.2) is 37.9 Å². The summed E-state index contributed by atoms with van der Waals surface area (Å²) in [5.41, 5.74) is 0.603. The maximum absolute atomic E-state index is 12.5. The molecule has 9 rings (SSSR count). The van der Waals surface area contributed by atoms with Crippen LogP contribution >= 0.6 is 0 Å². The summed E-state index contributed by atoms with van der Waals surface area (Å²) >= 11 is 0. The van der Waals surface area contributed by atoms with Gasteiger partial charge in [-0.1, -0.05) is 5.16 Å². The predicted octanol–water partition coefficient (Wildman–Crippen LogP) is 5.63. The Balaban J connectivity index is 1.09. The van der Waals surface area contributed by atoms with Crippen LogP contribution < -0.4 is 4.90 Å². The van der Waals surface area contributed by atoms with Crippen LogP contribution in [0.25, 0.3) is 0 Å². The molecule has 7 aliphatic rings. The second-order valence-corrected chi connectivity index (χ2v) is 12.8. The first-order chi connectivity index (χ1) is 17.9. The van der Waals surface area contributed by atoms with Gasteiger partial charge in [0, 0.05) is 29.5 Å². The minimum Gasteiger partial charge on any atom is -0.465 e. The third-order valence-electron chi connectivity index (χ3n) is 10.9. The van der Waals surface area contributed by atoms with Crippen LogP contribution in [0, 0.1) is 22.2 Å². The van der Waals surface area contributed by atoms with E-state index >= 15 is 0 Å². The van der Waals surface area contributed by atoms with E-state index in [1.54, 1.807) is 6.20 Å². The molecular formula is C28H34N6O3. The van der Waals surface area contributed by atoms with Crippen molar-refractivity contribution >= 4 is 12.0 Å². The summed E-state index contributed by atoms with van der Waals surface area (Å²) in [4.78, 5) is 28.0. The Kier molecular flexibility index (Phi) is 4.99. The van der Waals surface area contributed by atoms with Crippen LogP contribution in [0.3, 0.4) is 0 Å². The van der Waals surface area contributed by atoms with E-state index in [4.69, 9.17) is 14.5 Å². The van der Waals surface area contributed by atoms with Crippen molar-refractivity contribution in [1.82, 2.24) is 20.1 Å². The van der Waals surface area contributed by atoms with Crippen molar-refractivity contribution in [1.29, 1.82) is 5.26 Å². The molecule has 7 saturated carbocycles. The Labute approximate surface area is 216 Å². The summed E-state index contributed by atoms with van der Waals surface area (Å²) in [6.45, 7) is 0.420. The molecule has 7 aliphatic carbocycles. The molecule has 2 aromatic heterocycles. The summed E-state index contributed by atoms with van der Waals surface area (Å²) in [5.74, 6) is 2.45. The number of fused-ring (bicyclic) bond motifs is 6. The molecule has 0 unspecified atom stereocenters. The molecule has 2 aromatic rings. The SMILES string of the molecule is N#CC12CCC(c3ccnc(N(CC45CCC(c6nc(C7CC7)no6)(CC4)CC5)C(=O)O)n3)(CC1)CC2. The highest BCUT2D eigenvalue weighted by molar-refractivity contribution is 5.83. The molecule has 0 radical (unpaired) electrons. The van der Waals surface area contributed by atoms with Gasteiger partial charge in [-0.3, -0.25) is 0 Å². The van der Waals surface area contributed by atoms with Crippen molar-refractivity contribution in [3.05, 3.63) is 29.7 Å². The van der Waals surface area contributed by atoms with Gasteiger partial charge in [0.05, 0.1) is 17.2 Å². The lowest BCUT2D eigenvalue weighted by atomic mass is 9.53. The van der Waals surface area contributed by atoms with Gasteiger partial charge in [-0.2, -0.15) is 10.2 Å². The number of hydrogen-bond acceptors (Lipinski definition) is 7. The minimum atomic E-state index is -0.992. The fourth-order valence-corrected chi connectivity index (χ4v) is 7.85. The average molecular weight is 503 g/mol. The normalized spacial score (nSPS) is 36.3. The number of amides is 1. The molecule has 0 spiro atoms. The summed E-state index contributed by atoms with van der Waals surface area (Å²) in [6.07, 6.45) is 14.3. The molecule has 0 saturated heterocycles. The molecule has 2 heterocycles. The van der Waals surface area contributed by atoms with E-state index in [1.165, 1.54) is 4.90 Å². The maximum atomic E-state index is 12.5. The van der Waals surface area contributed by atoms with E-state index in [1.807, 2.05) is 6.07 Å². The number of anilines is 1. The topological polar surface area (TPSA) is 129 Å². The largest absolute Gasteiger partial charge is 0.465 e. The summed E-state index contributed by atoms with van der Waals surface area (Å²) in [5, 5.41) is 24.2. The Hall–Kier alpha value is -3.02. The standard InChI is InChI=1S/C28H34N6O3/c29-17-25-4-10-27(11-5-25,12-6-25)20-3-16-30-23(31-20)34(24(35)36)18-26-7-13-28(14-8-26,15-9-26)22-32-21(33-37-22)19-1-2-19/h3,16,19H,1-2,4-15,18H2,(H,35,36). The average Bonchev–Trinajstić information content (AvgIpc) is 3.69. The summed E-state index contributed by atoms with van der Waals surface area (Å²) < 4.78 is 5.75. The Bertz CT molecular complexity index is 1230. The Morgan fingerprint density at radius 2 is 1.65 bits per heavy atom. The van der Waals surface area contributed by atoms with Crippen molar-refractivity contribution < 1.29 is 14.4 Å². The van der Waals surface area contributed by atoms with Gasteiger partial charge in [-0.05, 0) is 101 Å². The maximum Gasteiger partial charge on any atom is 0.414 e. The summed E-state index contributed by atoms with van der Waals surface area (Å²) in [7, 11) is 0. The van der Waals surface area contributed by atoms with Crippen LogP contribution in [0.4, 0.5) is 10.7 Å². The number of rotatable bonds is 6. The van der Waals surface area contributed by atoms with E-state index in [0.717, 1.165) is 107 Å². The van der Waals surface area contributed by atoms with Gasteiger partial charge in [-0.25, -0.2) is 19.7 Å². The lowest BCUT2D eigenvalue weighted by Gasteiger charge is -2.52. The van der Waals surface area contributed by atoms with E-state index in [9.17, 15) is 15.2 Å². The number of carbonyl (C=O) groups is 1. The zero-order valence-corrected chi connectivity index (χ0v) is 21.3. The van der Waals surface area contributed by atoms with Gasteiger partial charge in [0.25, 0.3) is 0 Å². The number of carboxylic acid groups (broad SMARTS) is 1. The van der Waals surface area contributed by atoms with Crippen LogP contribution in [-0.2, 0) is 10.8 Å². The van der Waals surface area contributed by atoms with Gasteiger partial charge in [-0.15, -0.1) is 0 Å². The molecule has 0 aromatic carbocycles. The highest BCUT2D eigenvalue weighted by atomic mass is 16.5. The zero-order chi connectivity index (χ0) is 25.3. The van der Waals surface area contributed by atoms with Crippen LogP contribution in [0.15, 0.2) is 16.8 Å². The van der Waals surface area contributed by atoms with Gasteiger partial charge < -0.3 is 9.63 Å². The first-order valence-corrected chi connectivity index (χ1v) is 14.0. The molecule has 0 aliphatic heterocycles. The first-order valence-electron chi connectivity index (χ1n) is 14.0. The molecule has 9 nitrogen and oxygen atoms in total. The molecular weight excluding hydrogens is 468 g/mol. The van der Waals surface area contributed by atoms with Crippen LogP contribution in [0.2, 0.25) is 0 Å².